The first-order valence-electron chi connectivity index (χ1n) is 7.78. The van der Waals surface area contributed by atoms with E-state index in [4.69, 9.17) is 23.2 Å². The fourth-order valence-electron chi connectivity index (χ4n) is 2.60. The average Bonchev–Trinajstić information content (AvgIpc) is 3.07. The molecule has 0 aliphatic heterocycles. The number of para-hydroxylation sites is 1. The summed E-state index contributed by atoms with van der Waals surface area (Å²) in [7, 11) is 0. The molecule has 4 aromatic rings. The van der Waals surface area contributed by atoms with Gasteiger partial charge in [0.2, 0.25) is 0 Å². The van der Waals surface area contributed by atoms with Crippen LogP contribution in [0.3, 0.4) is 0 Å². The summed E-state index contributed by atoms with van der Waals surface area (Å²) in [5, 5.41) is 8.13. The molecule has 2 aromatic heterocycles. The standard InChI is InChI=1S/C19H12Cl2N4O/c20-13-5-3-4-12(10-13)14-11-22-25-9-8-17(23-18(14)25)19(26)24-16-7-2-1-6-15(16)21/h1-11H,(H,24,26). The Morgan fingerprint density at radius 3 is 2.69 bits per heavy atom. The van der Waals surface area contributed by atoms with E-state index in [1.54, 1.807) is 53.3 Å². The highest BCUT2D eigenvalue weighted by atomic mass is 35.5. The second kappa shape index (κ2) is 6.78. The summed E-state index contributed by atoms with van der Waals surface area (Å²) in [5.41, 5.74) is 3.04. The van der Waals surface area contributed by atoms with Crippen LogP contribution in [0.1, 0.15) is 10.5 Å². The number of carbonyl (C=O) groups is 1. The molecule has 128 valence electrons. The molecule has 7 heteroatoms. The third-order valence-corrected chi connectivity index (χ3v) is 4.42. The Bertz CT molecular complexity index is 1120. The van der Waals surface area contributed by atoms with Gasteiger partial charge in [0.05, 0.1) is 16.9 Å². The van der Waals surface area contributed by atoms with Gasteiger partial charge in [0.1, 0.15) is 5.69 Å². The van der Waals surface area contributed by atoms with Crippen LogP contribution >= 0.6 is 23.2 Å². The first kappa shape index (κ1) is 16.6. The number of aromatic nitrogens is 3. The van der Waals surface area contributed by atoms with Crippen LogP contribution in [-0.2, 0) is 0 Å². The van der Waals surface area contributed by atoms with Crippen molar-refractivity contribution in [2.24, 2.45) is 0 Å². The van der Waals surface area contributed by atoms with Crippen LogP contribution in [0.15, 0.2) is 67.0 Å². The lowest BCUT2D eigenvalue weighted by Gasteiger charge is -2.07. The molecule has 1 amide bonds. The third-order valence-electron chi connectivity index (χ3n) is 3.86. The van der Waals surface area contributed by atoms with Gasteiger partial charge in [-0.15, -0.1) is 0 Å². The summed E-state index contributed by atoms with van der Waals surface area (Å²) < 4.78 is 1.61. The van der Waals surface area contributed by atoms with E-state index < -0.39 is 0 Å². The van der Waals surface area contributed by atoms with E-state index in [-0.39, 0.29) is 11.6 Å². The Labute approximate surface area is 159 Å². The van der Waals surface area contributed by atoms with Crippen molar-refractivity contribution in [3.8, 4) is 11.1 Å². The minimum absolute atomic E-state index is 0.265. The summed E-state index contributed by atoms with van der Waals surface area (Å²) in [6.45, 7) is 0. The molecule has 0 saturated carbocycles. The lowest BCUT2D eigenvalue weighted by atomic mass is 10.1. The molecule has 0 aliphatic carbocycles. The summed E-state index contributed by atoms with van der Waals surface area (Å²) in [6.07, 6.45) is 3.39. The van der Waals surface area contributed by atoms with Gasteiger partial charge >= 0.3 is 0 Å². The van der Waals surface area contributed by atoms with Crippen molar-refractivity contribution < 1.29 is 4.79 Å². The molecule has 0 aliphatic rings. The lowest BCUT2D eigenvalue weighted by molar-refractivity contribution is 0.102. The predicted molar refractivity (Wildman–Crippen MR) is 103 cm³/mol. The van der Waals surface area contributed by atoms with Gasteiger partial charge in [-0.25, -0.2) is 9.50 Å². The quantitative estimate of drug-likeness (QED) is 0.544. The Kier molecular flexibility index (Phi) is 4.32. The van der Waals surface area contributed by atoms with Crippen molar-refractivity contribution in [1.29, 1.82) is 0 Å². The number of halogens is 2. The molecular weight excluding hydrogens is 371 g/mol. The largest absolute Gasteiger partial charge is 0.319 e. The van der Waals surface area contributed by atoms with E-state index in [9.17, 15) is 4.79 Å². The first-order valence-corrected chi connectivity index (χ1v) is 8.53. The summed E-state index contributed by atoms with van der Waals surface area (Å²) in [6, 6.07) is 16.0. The van der Waals surface area contributed by atoms with Crippen LogP contribution in [0.4, 0.5) is 5.69 Å². The maximum absolute atomic E-state index is 12.6. The van der Waals surface area contributed by atoms with Crippen molar-refractivity contribution in [3.63, 3.8) is 0 Å². The summed E-state index contributed by atoms with van der Waals surface area (Å²) >= 11 is 12.2. The van der Waals surface area contributed by atoms with E-state index in [0.717, 1.165) is 11.1 Å². The fraction of sp³-hybridized carbons (Fsp3) is 0. The normalized spacial score (nSPS) is 10.8. The molecular formula is C19H12Cl2N4O. The molecule has 4 rings (SSSR count). The zero-order valence-corrected chi connectivity index (χ0v) is 14.9. The van der Waals surface area contributed by atoms with Gasteiger partial charge in [-0.05, 0) is 35.9 Å². The minimum atomic E-state index is -0.348. The first-order chi connectivity index (χ1) is 12.6. The minimum Gasteiger partial charge on any atom is -0.319 e. The van der Waals surface area contributed by atoms with Gasteiger partial charge in [-0.3, -0.25) is 4.79 Å². The molecule has 0 atom stereocenters. The molecule has 26 heavy (non-hydrogen) atoms. The molecule has 0 unspecified atom stereocenters. The van der Waals surface area contributed by atoms with Crippen LogP contribution in [0, 0.1) is 0 Å². The van der Waals surface area contributed by atoms with Crippen LogP contribution in [0.2, 0.25) is 10.0 Å². The van der Waals surface area contributed by atoms with Gasteiger partial charge in [-0.2, -0.15) is 5.10 Å². The highest BCUT2D eigenvalue weighted by Gasteiger charge is 2.14. The Morgan fingerprint density at radius 1 is 1.04 bits per heavy atom. The van der Waals surface area contributed by atoms with E-state index in [0.29, 0.717) is 21.4 Å². The van der Waals surface area contributed by atoms with Gasteiger partial charge in [0.25, 0.3) is 5.91 Å². The zero-order valence-electron chi connectivity index (χ0n) is 13.4. The molecule has 1 N–H and O–H groups in total. The van der Waals surface area contributed by atoms with Crippen molar-refractivity contribution >= 4 is 40.4 Å². The number of benzene rings is 2. The molecule has 0 saturated heterocycles. The number of nitrogens with one attached hydrogen (secondary N) is 1. The molecule has 0 bridgehead atoms. The number of amides is 1. The number of rotatable bonds is 3. The number of carbonyl (C=O) groups excluding carboxylic acids is 1. The van der Waals surface area contributed by atoms with Crippen LogP contribution in [0.25, 0.3) is 16.8 Å². The Morgan fingerprint density at radius 2 is 1.88 bits per heavy atom. The molecule has 2 aromatic carbocycles. The fourth-order valence-corrected chi connectivity index (χ4v) is 2.98. The second-order valence-corrected chi connectivity index (χ2v) is 6.43. The van der Waals surface area contributed by atoms with E-state index in [1.165, 1.54) is 0 Å². The number of fused-ring (bicyclic) bond motifs is 1. The lowest BCUT2D eigenvalue weighted by Crippen LogP contribution is -2.14. The Hall–Kier alpha value is -2.89. The molecule has 0 fully saturated rings. The predicted octanol–water partition coefficient (Wildman–Crippen LogP) is 4.96. The Balaban J connectivity index is 1.72. The number of hydrogen-bond donors (Lipinski definition) is 1. The van der Waals surface area contributed by atoms with Crippen LogP contribution < -0.4 is 5.32 Å². The van der Waals surface area contributed by atoms with Crippen molar-refractivity contribution in [1.82, 2.24) is 14.6 Å². The maximum atomic E-state index is 12.6. The van der Waals surface area contributed by atoms with Crippen molar-refractivity contribution in [2.45, 2.75) is 0 Å². The third kappa shape index (κ3) is 3.14. The molecule has 2 heterocycles. The van der Waals surface area contributed by atoms with Gasteiger partial charge in [0.15, 0.2) is 5.65 Å². The monoisotopic (exact) mass is 382 g/mol. The highest BCUT2D eigenvalue weighted by molar-refractivity contribution is 6.33. The highest BCUT2D eigenvalue weighted by Crippen LogP contribution is 2.26. The smallest absolute Gasteiger partial charge is 0.274 e. The summed E-state index contributed by atoms with van der Waals surface area (Å²) in [5.74, 6) is -0.348. The van der Waals surface area contributed by atoms with E-state index >= 15 is 0 Å². The maximum Gasteiger partial charge on any atom is 0.274 e. The zero-order chi connectivity index (χ0) is 18.1. The topological polar surface area (TPSA) is 59.3 Å². The number of nitrogens with zero attached hydrogens (tertiary/aromatic N) is 3. The van der Waals surface area contributed by atoms with Gasteiger partial charge < -0.3 is 5.32 Å². The van der Waals surface area contributed by atoms with Crippen molar-refractivity contribution in [3.05, 3.63) is 82.7 Å². The molecule has 5 nitrogen and oxygen atoms in total. The van der Waals surface area contributed by atoms with Crippen LogP contribution in [-0.4, -0.2) is 20.5 Å². The van der Waals surface area contributed by atoms with Gasteiger partial charge in [-0.1, -0.05) is 47.5 Å². The SMILES string of the molecule is O=C(Nc1ccccc1Cl)c1ccn2ncc(-c3cccc(Cl)c3)c2n1. The van der Waals surface area contributed by atoms with Crippen molar-refractivity contribution in [2.75, 3.05) is 5.32 Å². The second-order valence-electron chi connectivity index (χ2n) is 5.58. The average molecular weight is 383 g/mol. The number of anilines is 1. The van der Waals surface area contributed by atoms with E-state index in [1.807, 2.05) is 18.2 Å². The summed E-state index contributed by atoms with van der Waals surface area (Å²) in [4.78, 5) is 17.0. The molecule has 0 spiro atoms. The molecule has 0 radical (unpaired) electrons. The van der Waals surface area contributed by atoms with Gasteiger partial charge in [0, 0.05) is 16.8 Å². The van der Waals surface area contributed by atoms with Crippen LogP contribution in [0.5, 0.6) is 0 Å². The van der Waals surface area contributed by atoms with E-state index in [2.05, 4.69) is 15.4 Å². The number of hydrogen-bond acceptors (Lipinski definition) is 3.